The Kier molecular flexibility index (Phi) is 8.69. The normalized spacial score (nSPS) is 20.5. The Labute approximate surface area is 87.5 Å². The summed E-state index contributed by atoms with van der Waals surface area (Å²) in [4.78, 5) is 0. The molecule has 3 N–H and O–H groups in total. The van der Waals surface area contributed by atoms with E-state index in [-0.39, 0.29) is 30.4 Å². The second-order valence-electron chi connectivity index (χ2n) is 3.36. The second kappa shape index (κ2) is 6.96. The summed E-state index contributed by atoms with van der Waals surface area (Å²) in [5, 5.41) is 3.32. The molecule has 1 saturated heterocycles. The van der Waals surface area contributed by atoms with E-state index < -0.39 is 0 Å². The van der Waals surface area contributed by atoms with Crippen molar-refractivity contribution in [2.75, 3.05) is 13.1 Å². The molecule has 0 unspecified atom stereocenters. The van der Waals surface area contributed by atoms with Crippen LogP contribution in [-0.2, 0) is 0 Å². The lowest BCUT2D eigenvalue weighted by atomic mass is 9.85. The molecule has 2 nitrogen and oxygen atoms in total. The van der Waals surface area contributed by atoms with Crippen molar-refractivity contribution < 1.29 is 0 Å². The van der Waals surface area contributed by atoms with Gasteiger partial charge in [0.1, 0.15) is 0 Å². The van der Waals surface area contributed by atoms with Gasteiger partial charge in [-0.25, -0.2) is 0 Å². The van der Waals surface area contributed by atoms with Crippen LogP contribution in [0.15, 0.2) is 0 Å². The average Bonchev–Trinajstić information content (AvgIpc) is 1.89. The molecule has 0 bridgehead atoms. The summed E-state index contributed by atoms with van der Waals surface area (Å²) in [7, 11) is 0. The van der Waals surface area contributed by atoms with Crippen molar-refractivity contribution in [2.24, 2.45) is 5.73 Å². The highest BCUT2D eigenvalue weighted by Crippen LogP contribution is 2.20. The van der Waals surface area contributed by atoms with E-state index in [1.807, 2.05) is 0 Å². The van der Waals surface area contributed by atoms with Gasteiger partial charge in [-0.3, -0.25) is 0 Å². The molecule has 4 heteroatoms. The van der Waals surface area contributed by atoms with Crippen molar-refractivity contribution >= 4 is 24.8 Å². The number of halogens is 2. The van der Waals surface area contributed by atoms with E-state index in [4.69, 9.17) is 5.73 Å². The molecule has 0 aliphatic carbocycles. The SMILES string of the molecule is CCCC1(N)CCNCC1.Cl.Cl. The maximum atomic E-state index is 6.13. The first-order valence-electron chi connectivity index (χ1n) is 4.26. The van der Waals surface area contributed by atoms with Gasteiger partial charge in [0.05, 0.1) is 0 Å². The van der Waals surface area contributed by atoms with Crippen molar-refractivity contribution in [2.45, 2.75) is 38.1 Å². The van der Waals surface area contributed by atoms with Gasteiger partial charge in [0.25, 0.3) is 0 Å². The molecule has 12 heavy (non-hydrogen) atoms. The highest BCUT2D eigenvalue weighted by molar-refractivity contribution is 5.85. The Bertz CT molecular complexity index is 97.7. The largest absolute Gasteiger partial charge is 0.325 e. The number of nitrogens with one attached hydrogen (secondary N) is 1. The molecule has 1 rings (SSSR count). The molecule has 76 valence electrons. The lowest BCUT2D eigenvalue weighted by Gasteiger charge is -2.33. The van der Waals surface area contributed by atoms with Gasteiger partial charge < -0.3 is 11.1 Å². The predicted octanol–water partition coefficient (Wildman–Crippen LogP) is 1.71. The van der Waals surface area contributed by atoms with E-state index in [9.17, 15) is 0 Å². The molecule has 0 atom stereocenters. The Balaban J connectivity index is 0. The smallest absolute Gasteiger partial charge is 0.0178 e. The standard InChI is InChI=1S/C8H18N2.2ClH/c1-2-3-8(9)4-6-10-7-5-8;;/h10H,2-7,9H2,1H3;2*1H. The lowest BCUT2D eigenvalue weighted by molar-refractivity contribution is 0.289. The maximum Gasteiger partial charge on any atom is 0.0178 e. The van der Waals surface area contributed by atoms with Gasteiger partial charge in [-0.05, 0) is 32.4 Å². The minimum atomic E-state index is 0. The van der Waals surface area contributed by atoms with Crippen LogP contribution in [-0.4, -0.2) is 18.6 Å². The van der Waals surface area contributed by atoms with E-state index in [0.29, 0.717) is 0 Å². The van der Waals surface area contributed by atoms with Crippen LogP contribution in [0.2, 0.25) is 0 Å². The van der Waals surface area contributed by atoms with Crippen LogP contribution >= 0.6 is 24.8 Å². The number of nitrogens with two attached hydrogens (primary N) is 1. The van der Waals surface area contributed by atoms with Crippen LogP contribution in [0.4, 0.5) is 0 Å². The summed E-state index contributed by atoms with van der Waals surface area (Å²) in [6, 6.07) is 0. The Morgan fingerprint density at radius 3 is 2.17 bits per heavy atom. The molecule has 1 aliphatic rings. The van der Waals surface area contributed by atoms with E-state index in [2.05, 4.69) is 12.2 Å². The topological polar surface area (TPSA) is 38.0 Å². The third-order valence-corrected chi connectivity index (χ3v) is 2.35. The number of hydrogen-bond donors (Lipinski definition) is 2. The summed E-state index contributed by atoms with van der Waals surface area (Å²) >= 11 is 0. The Hall–Kier alpha value is 0.500. The van der Waals surface area contributed by atoms with Gasteiger partial charge in [0.15, 0.2) is 0 Å². The third kappa shape index (κ3) is 4.51. The Morgan fingerprint density at radius 2 is 1.75 bits per heavy atom. The van der Waals surface area contributed by atoms with E-state index in [0.717, 1.165) is 25.9 Å². The first kappa shape index (κ1) is 15.0. The molecule has 1 fully saturated rings. The minimum absolute atomic E-state index is 0. The van der Waals surface area contributed by atoms with Crippen molar-refractivity contribution in [3.63, 3.8) is 0 Å². The van der Waals surface area contributed by atoms with Crippen LogP contribution < -0.4 is 11.1 Å². The quantitative estimate of drug-likeness (QED) is 0.735. The molecule has 0 aromatic rings. The fraction of sp³-hybridized carbons (Fsp3) is 1.00. The first-order chi connectivity index (χ1) is 4.77. The van der Waals surface area contributed by atoms with Crippen LogP contribution in [0.5, 0.6) is 0 Å². The minimum Gasteiger partial charge on any atom is -0.325 e. The Morgan fingerprint density at radius 1 is 1.25 bits per heavy atom. The van der Waals surface area contributed by atoms with Crippen LogP contribution in [0.1, 0.15) is 32.6 Å². The number of piperidine rings is 1. The zero-order valence-electron chi connectivity index (χ0n) is 7.64. The molecule has 0 saturated carbocycles. The number of hydrogen-bond acceptors (Lipinski definition) is 2. The van der Waals surface area contributed by atoms with Gasteiger partial charge in [0.2, 0.25) is 0 Å². The summed E-state index contributed by atoms with van der Waals surface area (Å²) < 4.78 is 0. The number of rotatable bonds is 2. The highest BCUT2D eigenvalue weighted by Gasteiger charge is 2.25. The van der Waals surface area contributed by atoms with Crippen molar-refractivity contribution in [1.29, 1.82) is 0 Å². The van der Waals surface area contributed by atoms with E-state index >= 15 is 0 Å². The molecule has 0 aromatic heterocycles. The van der Waals surface area contributed by atoms with E-state index in [1.54, 1.807) is 0 Å². The fourth-order valence-electron chi connectivity index (χ4n) is 1.67. The monoisotopic (exact) mass is 214 g/mol. The zero-order chi connectivity index (χ0) is 7.45. The van der Waals surface area contributed by atoms with Crippen molar-refractivity contribution in [3.8, 4) is 0 Å². The lowest BCUT2D eigenvalue weighted by Crippen LogP contribution is -2.48. The van der Waals surface area contributed by atoms with Gasteiger partial charge in [-0.1, -0.05) is 13.3 Å². The zero-order valence-corrected chi connectivity index (χ0v) is 9.27. The second-order valence-corrected chi connectivity index (χ2v) is 3.36. The van der Waals surface area contributed by atoms with Gasteiger partial charge >= 0.3 is 0 Å². The highest BCUT2D eigenvalue weighted by atomic mass is 35.5. The van der Waals surface area contributed by atoms with Gasteiger partial charge in [0, 0.05) is 5.54 Å². The summed E-state index contributed by atoms with van der Waals surface area (Å²) in [6.07, 6.45) is 4.72. The van der Waals surface area contributed by atoms with Crippen LogP contribution in [0.25, 0.3) is 0 Å². The molecule has 0 spiro atoms. The molecule has 0 radical (unpaired) electrons. The summed E-state index contributed by atoms with van der Waals surface area (Å²) in [5.74, 6) is 0. The molecule has 0 amide bonds. The summed E-state index contributed by atoms with van der Waals surface area (Å²) in [6.45, 7) is 4.42. The third-order valence-electron chi connectivity index (χ3n) is 2.35. The van der Waals surface area contributed by atoms with Crippen LogP contribution in [0.3, 0.4) is 0 Å². The van der Waals surface area contributed by atoms with Gasteiger partial charge in [-0.2, -0.15) is 0 Å². The molecule has 1 heterocycles. The van der Waals surface area contributed by atoms with Crippen LogP contribution in [0, 0.1) is 0 Å². The van der Waals surface area contributed by atoms with Crippen molar-refractivity contribution in [1.82, 2.24) is 5.32 Å². The molecule has 1 aliphatic heterocycles. The molecular weight excluding hydrogens is 195 g/mol. The summed E-state index contributed by atoms with van der Waals surface area (Å²) in [5.41, 5.74) is 6.30. The molecule has 0 aromatic carbocycles. The fourth-order valence-corrected chi connectivity index (χ4v) is 1.67. The average molecular weight is 215 g/mol. The maximum absolute atomic E-state index is 6.13. The van der Waals surface area contributed by atoms with Gasteiger partial charge in [-0.15, -0.1) is 24.8 Å². The first-order valence-corrected chi connectivity index (χ1v) is 4.26. The van der Waals surface area contributed by atoms with E-state index in [1.165, 1.54) is 12.8 Å². The van der Waals surface area contributed by atoms with Crippen molar-refractivity contribution in [3.05, 3.63) is 0 Å². The molecular formula is C8H20Cl2N2. The predicted molar refractivity (Wildman–Crippen MR) is 58.4 cm³/mol.